The number of carbonyl (C=O) groups excluding carboxylic acids is 2. The fourth-order valence-corrected chi connectivity index (χ4v) is 1.57. The summed E-state index contributed by atoms with van der Waals surface area (Å²) in [4.78, 5) is 22.4. The van der Waals surface area contributed by atoms with Crippen LogP contribution in [0.2, 0.25) is 0 Å². The van der Waals surface area contributed by atoms with Gasteiger partial charge in [-0.2, -0.15) is 0 Å². The van der Waals surface area contributed by atoms with Crippen LogP contribution in [0.4, 0.5) is 0 Å². The molecule has 0 aliphatic heterocycles. The first-order valence-electron chi connectivity index (χ1n) is 5.43. The summed E-state index contributed by atoms with van der Waals surface area (Å²) in [5.74, 6) is -0.101. The molecule has 0 amide bonds. The van der Waals surface area contributed by atoms with Crippen molar-refractivity contribution in [3.8, 4) is 0 Å². The number of hydrogen-bond acceptors (Lipinski definition) is 3. The standard InChI is InChI=1S/C14H16O3/c1-10(15)14(11(2)17-12(3)16)9-13-7-5-4-6-8-13/h4-8H,9H2,1-3H3/b14-11+. The maximum atomic E-state index is 11.5. The third kappa shape index (κ3) is 4.23. The molecule has 0 N–H and O–H groups in total. The normalized spacial score (nSPS) is 11.7. The van der Waals surface area contributed by atoms with Crippen LogP contribution in [0.5, 0.6) is 0 Å². The molecular weight excluding hydrogens is 216 g/mol. The number of hydrogen-bond donors (Lipinski definition) is 0. The van der Waals surface area contributed by atoms with E-state index in [4.69, 9.17) is 4.74 Å². The number of carbonyl (C=O) groups is 2. The second-order valence-electron chi connectivity index (χ2n) is 3.85. The fourth-order valence-electron chi connectivity index (χ4n) is 1.57. The molecule has 1 aromatic carbocycles. The van der Waals surface area contributed by atoms with E-state index >= 15 is 0 Å². The van der Waals surface area contributed by atoms with Crippen LogP contribution in [0, 0.1) is 0 Å². The molecule has 0 unspecified atom stereocenters. The minimum Gasteiger partial charge on any atom is -0.431 e. The number of ketones is 1. The molecular formula is C14H16O3. The van der Waals surface area contributed by atoms with Gasteiger partial charge in [0.15, 0.2) is 5.78 Å². The molecule has 0 fully saturated rings. The van der Waals surface area contributed by atoms with Crippen LogP contribution >= 0.6 is 0 Å². The molecule has 0 radical (unpaired) electrons. The van der Waals surface area contributed by atoms with Gasteiger partial charge in [-0.1, -0.05) is 30.3 Å². The Balaban J connectivity index is 2.95. The van der Waals surface area contributed by atoms with Crippen LogP contribution in [-0.2, 0) is 20.7 Å². The Morgan fingerprint density at radius 1 is 1.06 bits per heavy atom. The molecule has 17 heavy (non-hydrogen) atoms. The quantitative estimate of drug-likeness (QED) is 0.455. The summed E-state index contributed by atoms with van der Waals surface area (Å²) in [7, 11) is 0. The number of esters is 1. The summed E-state index contributed by atoms with van der Waals surface area (Å²) in [5, 5.41) is 0. The van der Waals surface area contributed by atoms with Crippen molar-refractivity contribution in [2.45, 2.75) is 27.2 Å². The van der Waals surface area contributed by atoms with Crippen molar-refractivity contribution in [3.05, 3.63) is 47.2 Å². The van der Waals surface area contributed by atoms with Crippen LogP contribution in [0.3, 0.4) is 0 Å². The Labute approximate surface area is 101 Å². The molecule has 0 saturated heterocycles. The number of benzene rings is 1. The molecule has 0 spiro atoms. The lowest BCUT2D eigenvalue weighted by Crippen LogP contribution is -2.08. The number of allylic oxidation sites excluding steroid dienone is 2. The summed E-state index contributed by atoms with van der Waals surface area (Å²) < 4.78 is 4.97. The summed E-state index contributed by atoms with van der Waals surface area (Å²) in [6.07, 6.45) is 0.481. The van der Waals surface area contributed by atoms with Crippen molar-refractivity contribution in [2.75, 3.05) is 0 Å². The summed E-state index contributed by atoms with van der Waals surface area (Å²) in [6, 6.07) is 9.61. The number of ether oxygens (including phenoxy) is 1. The SMILES string of the molecule is CC(=O)O/C(C)=C(\Cc1ccccc1)C(C)=O. The Kier molecular flexibility index (Phi) is 4.64. The molecule has 0 saturated carbocycles. The molecule has 3 nitrogen and oxygen atoms in total. The molecule has 1 aromatic rings. The molecule has 1 rings (SSSR count). The predicted octanol–water partition coefficient (Wildman–Crippen LogP) is 2.66. The van der Waals surface area contributed by atoms with Crippen molar-refractivity contribution in [3.63, 3.8) is 0 Å². The average Bonchev–Trinajstić information content (AvgIpc) is 2.25. The highest BCUT2D eigenvalue weighted by molar-refractivity contribution is 5.94. The minimum atomic E-state index is -0.408. The Morgan fingerprint density at radius 3 is 2.12 bits per heavy atom. The largest absolute Gasteiger partial charge is 0.431 e. The molecule has 3 heteroatoms. The van der Waals surface area contributed by atoms with E-state index in [-0.39, 0.29) is 5.78 Å². The van der Waals surface area contributed by atoms with Gasteiger partial charge in [-0.3, -0.25) is 9.59 Å². The van der Waals surface area contributed by atoms with Crippen LogP contribution in [-0.4, -0.2) is 11.8 Å². The van der Waals surface area contributed by atoms with Gasteiger partial charge in [0.1, 0.15) is 5.76 Å². The van der Waals surface area contributed by atoms with Gasteiger partial charge in [0.2, 0.25) is 0 Å². The van der Waals surface area contributed by atoms with Crippen molar-refractivity contribution < 1.29 is 14.3 Å². The van der Waals surface area contributed by atoms with E-state index in [1.54, 1.807) is 6.92 Å². The van der Waals surface area contributed by atoms with E-state index in [0.717, 1.165) is 5.56 Å². The monoisotopic (exact) mass is 232 g/mol. The molecule has 0 bridgehead atoms. The topological polar surface area (TPSA) is 43.4 Å². The van der Waals surface area contributed by atoms with Crippen molar-refractivity contribution in [2.24, 2.45) is 0 Å². The van der Waals surface area contributed by atoms with Crippen molar-refractivity contribution in [1.29, 1.82) is 0 Å². The second kappa shape index (κ2) is 5.99. The van der Waals surface area contributed by atoms with Crippen molar-refractivity contribution >= 4 is 11.8 Å². The molecule has 0 aliphatic carbocycles. The zero-order valence-electron chi connectivity index (χ0n) is 10.3. The van der Waals surface area contributed by atoms with Gasteiger partial charge in [0.05, 0.1) is 0 Å². The molecule has 0 aliphatic rings. The zero-order valence-corrected chi connectivity index (χ0v) is 10.3. The first kappa shape index (κ1) is 13.2. The summed E-state index contributed by atoms with van der Waals surface area (Å²) in [6.45, 7) is 4.44. The zero-order chi connectivity index (χ0) is 12.8. The maximum Gasteiger partial charge on any atom is 0.307 e. The van der Waals surface area contributed by atoms with E-state index in [1.807, 2.05) is 30.3 Å². The lowest BCUT2D eigenvalue weighted by atomic mass is 10.0. The number of rotatable bonds is 4. The summed E-state index contributed by atoms with van der Waals surface area (Å²) in [5.41, 5.74) is 1.55. The van der Waals surface area contributed by atoms with Gasteiger partial charge >= 0.3 is 5.97 Å². The van der Waals surface area contributed by atoms with Crippen LogP contribution in [0.25, 0.3) is 0 Å². The van der Waals surface area contributed by atoms with E-state index < -0.39 is 5.97 Å². The van der Waals surface area contributed by atoms with Gasteiger partial charge in [-0.15, -0.1) is 0 Å². The first-order valence-corrected chi connectivity index (χ1v) is 5.43. The highest BCUT2D eigenvalue weighted by Gasteiger charge is 2.11. The van der Waals surface area contributed by atoms with Gasteiger partial charge in [0.25, 0.3) is 0 Å². The third-order valence-electron chi connectivity index (χ3n) is 2.37. The average molecular weight is 232 g/mol. The van der Waals surface area contributed by atoms with E-state index in [0.29, 0.717) is 17.8 Å². The van der Waals surface area contributed by atoms with Crippen LogP contribution in [0.1, 0.15) is 26.3 Å². The van der Waals surface area contributed by atoms with Crippen LogP contribution in [0.15, 0.2) is 41.7 Å². The van der Waals surface area contributed by atoms with E-state index in [2.05, 4.69) is 0 Å². The predicted molar refractivity (Wildman–Crippen MR) is 65.3 cm³/mol. The highest BCUT2D eigenvalue weighted by atomic mass is 16.5. The Morgan fingerprint density at radius 2 is 1.65 bits per heavy atom. The second-order valence-corrected chi connectivity index (χ2v) is 3.85. The molecule has 0 aromatic heterocycles. The van der Waals surface area contributed by atoms with Gasteiger partial charge < -0.3 is 4.74 Å². The molecule has 0 atom stereocenters. The van der Waals surface area contributed by atoms with Gasteiger partial charge in [-0.05, 0) is 19.4 Å². The Bertz CT molecular complexity index is 444. The van der Waals surface area contributed by atoms with Crippen molar-refractivity contribution in [1.82, 2.24) is 0 Å². The molecule has 0 heterocycles. The number of Topliss-reactive ketones (excluding diaryl/α,β-unsaturated/α-hetero) is 1. The van der Waals surface area contributed by atoms with E-state index in [9.17, 15) is 9.59 Å². The fraction of sp³-hybridized carbons (Fsp3) is 0.286. The van der Waals surface area contributed by atoms with Gasteiger partial charge in [0, 0.05) is 18.9 Å². The molecule has 90 valence electrons. The minimum absolute atomic E-state index is 0.0763. The Hall–Kier alpha value is -1.90. The summed E-state index contributed by atoms with van der Waals surface area (Å²) >= 11 is 0. The highest BCUT2D eigenvalue weighted by Crippen LogP contribution is 2.14. The van der Waals surface area contributed by atoms with E-state index in [1.165, 1.54) is 13.8 Å². The smallest absolute Gasteiger partial charge is 0.307 e. The van der Waals surface area contributed by atoms with Gasteiger partial charge in [-0.25, -0.2) is 0 Å². The lowest BCUT2D eigenvalue weighted by Gasteiger charge is -2.09. The first-order chi connectivity index (χ1) is 8.00. The third-order valence-corrected chi connectivity index (χ3v) is 2.37. The van der Waals surface area contributed by atoms with Crippen LogP contribution < -0.4 is 0 Å². The maximum absolute atomic E-state index is 11.5. The lowest BCUT2D eigenvalue weighted by molar-refractivity contribution is -0.136.